The molecule has 1 saturated heterocycles. The van der Waals surface area contributed by atoms with Crippen LogP contribution in [0.15, 0.2) is 0 Å². The molecule has 2 rings (SSSR count). The molecule has 1 saturated carbocycles. The molecular weight excluding hydrogens is 164 g/mol. The minimum Gasteiger partial charge on any atom is -0.350 e. The van der Waals surface area contributed by atoms with Crippen molar-refractivity contribution in [3.63, 3.8) is 0 Å². The fourth-order valence-electron chi connectivity index (χ4n) is 2.35. The highest BCUT2D eigenvalue weighted by atomic mass is 16.2. The molecule has 0 aromatic carbocycles. The Morgan fingerprint density at radius 2 is 1.85 bits per heavy atom. The standard InChI is InChI=1S/C10H18N2O/c1-10(2)9(13)11-7-5-3-4-6-8(7)12-10/h7-8,12H,3-6H2,1-2H3,(H,11,13)/t7?,8-/m1/s1. The van der Waals surface area contributed by atoms with Gasteiger partial charge in [-0.1, -0.05) is 12.8 Å². The van der Waals surface area contributed by atoms with Crippen LogP contribution in [0.4, 0.5) is 0 Å². The molecule has 1 amide bonds. The highest BCUT2D eigenvalue weighted by Gasteiger charge is 2.40. The summed E-state index contributed by atoms with van der Waals surface area (Å²) in [6.07, 6.45) is 4.89. The summed E-state index contributed by atoms with van der Waals surface area (Å²) < 4.78 is 0. The first-order valence-corrected chi connectivity index (χ1v) is 5.18. The Morgan fingerprint density at radius 3 is 2.54 bits per heavy atom. The Morgan fingerprint density at radius 1 is 1.23 bits per heavy atom. The number of rotatable bonds is 0. The van der Waals surface area contributed by atoms with Gasteiger partial charge in [-0.05, 0) is 26.7 Å². The number of amides is 1. The van der Waals surface area contributed by atoms with Gasteiger partial charge in [0.1, 0.15) is 0 Å². The van der Waals surface area contributed by atoms with Crippen LogP contribution in [0.1, 0.15) is 39.5 Å². The normalized spacial score (nSPS) is 37.8. The van der Waals surface area contributed by atoms with Crippen LogP contribution in [0.5, 0.6) is 0 Å². The monoisotopic (exact) mass is 182 g/mol. The molecule has 2 N–H and O–H groups in total. The minimum atomic E-state index is -0.376. The van der Waals surface area contributed by atoms with E-state index in [1.54, 1.807) is 0 Å². The summed E-state index contributed by atoms with van der Waals surface area (Å²) >= 11 is 0. The summed E-state index contributed by atoms with van der Waals surface area (Å²) in [6, 6.07) is 0.885. The Balaban J connectivity index is 2.10. The van der Waals surface area contributed by atoms with Gasteiger partial charge in [-0.2, -0.15) is 0 Å². The molecule has 2 atom stereocenters. The summed E-state index contributed by atoms with van der Waals surface area (Å²) in [5.41, 5.74) is -0.376. The number of hydrogen-bond acceptors (Lipinski definition) is 2. The Bertz CT molecular complexity index is 225. The lowest BCUT2D eigenvalue weighted by Crippen LogP contribution is -2.69. The number of carbonyl (C=O) groups excluding carboxylic acids is 1. The van der Waals surface area contributed by atoms with Crippen LogP contribution in [-0.4, -0.2) is 23.5 Å². The summed E-state index contributed by atoms with van der Waals surface area (Å²) in [5, 5.41) is 6.54. The first-order valence-electron chi connectivity index (χ1n) is 5.18. The van der Waals surface area contributed by atoms with Crippen LogP contribution in [0.2, 0.25) is 0 Å². The summed E-state index contributed by atoms with van der Waals surface area (Å²) in [5.74, 6) is 0.149. The average Bonchev–Trinajstić information content (AvgIpc) is 2.06. The Kier molecular flexibility index (Phi) is 2.06. The fraction of sp³-hybridized carbons (Fsp3) is 0.900. The highest BCUT2D eigenvalue weighted by molar-refractivity contribution is 5.86. The largest absolute Gasteiger partial charge is 0.350 e. The quantitative estimate of drug-likeness (QED) is 0.581. The SMILES string of the molecule is CC1(C)N[C@@H]2CCCCC2NC1=O. The van der Waals surface area contributed by atoms with Crippen LogP contribution in [0, 0.1) is 0 Å². The van der Waals surface area contributed by atoms with Crippen molar-refractivity contribution in [2.24, 2.45) is 0 Å². The van der Waals surface area contributed by atoms with Gasteiger partial charge in [0.2, 0.25) is 5.91 Å². The molecule has 1 unspecified atom stereocenters. The van der Waals surface area contributed by atoms with E-state index in [0.717, 1.165) is 6.42 Å². The smallest absolute Gasteiger partial charge is 0.240 e. The van der Waals surface area contributed by atoms with Crippen LogP contribution in [0.25, 0.3) is 0 Å². The van der Waals surface area contributed by atoms with Crippen molar-refractivity contribution in [1.29, 1.82) is 0 Å². The van der Waals surface area contributed by atoms with Crippen molar-refractivity contribution in [3.05, 3.63) is 0 Å². The van der Waals surface area contributed by atoms with E-state index < -0.39 is 0 Å². The van der Waals surface area contributed by atoms with E-state index in [0.29, 0.717) is 12.1 Å². The molecule has 2 fully saturated rings. The molecule has 1 heterocycles. The number of nitrogens with one attached hydrogen (secondary N) is 2. The second-order valence-corrected chi connectivity index (χ2v) is 4.74. The van der Waals surface area contributed by atoms with Crippen molar-refractivity contribution in [1.82, 2.24) is 10.6 Å². The maximum atomic E-state index is 11.6. The zero-order chi connectivity index (χ0) is 9.47. The molecule has 1 aliphatic carbocycles. The van der Waals surface area contributed by atoms with E-state index in [4.69, 9.17) is 0 Å². The van der Waals surface area contributed by atoms with E-state index in [2.05, 4.69) is 10.6 Å². The number of hydrogen-bond donors (Lipinski definition) is 2. The van der Waals surface area contributed by atoms with Crippen molar-refractivity contribution >= 4 is 5.91 Å². The third-order valence-electron chi connectivity index (χ3n) is 3.20. The topological polar surface area (TPSA) is 41.1 Å². The van der Waals surface area contributed by atoms with Gasteiger partial charge in [-0.15, -0.1) is 0 Å². The molecule has 1 aliphatic heterocycles. The van der Waals surface area contributed by atoms with E-state index in [1.807, 2.05) is 13.8 Å². The van der Waals surface area contributed by atoms with Gasteiger partial charge in [-0.3, -0.25) is 10.1 Å². The predicted molar refractivity (Wildman–Crippen MR) is 51.4 cm³/mol. The predicted octanol–water partition coefficient (Wildman–Crippen LogP) is 0.796. The molecule has 3 heteroatoms. The zero-order valence-corrected chi connectivity index (χ0v) is 8.39. The molecule has 0 bridgehead atoms. The number of piperazine rings is 1. The van der Waals surface area contributed by atoms with E-state index >= 15 is 0 Å². The molecule has 2 aliphatic rings. The van der Waals surface area contributed by atoms with Crippen LogP contribution >= 0.6 is 0 Å². The molecule has 0 radical (unpaired) electrons. The van der Waals surface area contributed by atoms with Gasteiger partial charge in [0.15, 0.2) is 0 Å². The summed E-state index contributed by atoms with van der Waals surface area (Å²) in [7, 11) is 0. The van der Waals surface area contributed by atoms with Gasteiger partial charge in [-0.25, -0.2) is 0 Å². The van der Waals surface area contributed by atoms with Gasteiger partial charge in [0.25, 0.3) is 0 Å². The third-order valence-corrected chi connectivity index (χ3v) is 3.20. The number of carbonyl (C=O) groups is 1. The van der Waals surface area contributed by atoms with Gasteiger partial charge < -0.3 is 5.32 Å². The first kappa shape index (κ1) is 9.00. The van der Waals surface area contributed by atoms with Gasteiger partial charge in [0.05, 0.1) is 5.54 Å². The zero-order valence-electron chi connectivity index (χ0n) is 8.39. The lowest BCUT2D eigenvalue weighted by molar-refractivity contribution is -0.130. The van der Waals surface area contributed by atoms with Crippen LogP contribution < -0.4 is 10.6 Å². The van der Waals surface area contributed by atoms with Crippen molar-refractivity contribution in [2.75, 3.05) is 0 Å². The van der Waals surface area contributed by atoms with E-state index in [-0.39, 0.29) is 11.4 Å². The molecule has 0 aromatic rings. The average molecular weight is 182 g/mol. The maximum Gasteiger partial charge on any atom is 0.240 e. The second kappa shape index (κ2) is 2.98. The van der Waals surface area contributed by atoms with Crippen molar-refractivity contribution in [3.8, 4) is 0 Å². The first-order chi connectivity index (χ1) is 6.09. The van der Waals surface area contributed by atoms with E-state index in [1.165, 1.54) is 19.3 Å². The Hall–Kier alpha value is -0.570. The van der Waals surface area contributed by atoms with E-state index in [9.17, 15) is 4.79 Å². The summed E-state index contributed by atoms with van der Waals surface area (Å²) in [6.45, 7) is 3.90. The second-order valence-electron chi connectivity index (χ2n) is 4.74. The lowest BCUT2D eigenvalue weighted by atomic mass is 9.84. The van der Waals surface area contributed by atoms with Gasteiger partial charge in [0, 0.05) is 12.1 Å². The molecule has 0 spiro atoms. The van der Waals surface area contributed by atoms with Crippen molar-refractivity contribution < 1.29 is 4.79 Å². The van der Waals surface area contributed by atoms with Crippen LogP contribution in [-0.2, 0) is 4.79 Å². The van der Waals surface area contributed by atoms with Crippen molar-refractivity contribution in [2.45, 2.75) is 57.2 Å². The lowest BCUT2D eigenvalue weighted by Gasteiger charge is -2.44. The number of fused-ring (bicyclic) bond motifs is 1. The van der Waals surface area contributed by atoms with Crippen LogP contribution in [0.3, 0.4) is 0 Å². The fourth-order valence-corrected chi connectivity index (χ4v) is 2.35. The molecule has 3 nitrogen and oxygen atoms in total. The molecule has 13 heavy (non-hydrogen) atoms. The maximum absolute atomic E-state index is 11.6. The summed E-state index contributed by atoms with van der Waals surface area (Å²) in [4.78, 5) is 11.6. The molecular formula is C10H18N2O. The molecule has 0 aromatic heterocycles. The Labute approximate surface area is 79.3 Å². The highest BCUT2D eigenvalue weighted by Crippen LogP contribution is 2.24. The minimum absolute atomic E-state index is 0.149. The van der Waals surface area contributed by atoms with Gasteiger partial charge >= 0.3 is 0 Å². The molecule has 74 valence electrons. The third kappa shape index (κ3) is 1.57.